The van der Waals surface area contributed by atoms with Crippen LogP contribution in [0.3, 0.4) is 0 Å². The molecule has 0 aliphatic carbocycles. The van der Waals surface area contributed by atoms with Crippen LogP contribution < -0.4 is 14.8 Å². The maximum atomic E-state index is 12.4. The van der Waals surface area contributed by atoms with Crippen molar-refractivity contribution in [1.82, 2.24) is 9.97 Å². The highest BCUT2D eigenvalue weighted by Crippen LogP contribution is 2.36. The summed E-state index contributed by atoms with van der Waals surface area (Å²) in [6.07, 6.45) is 0.485. The molecule has 1 amide bonds. The normalized spacial score (nSPS) is 11.7. The van der Waals surface area contributed by atoms with Gasteiger partial charge in [0.15, 0.2) is 6.10 Å². The maximum absolute atomic E-state index is 12.4. The zero-order valence-corrected chi connectivity index (χ0v) is 16.2. The summed E-state index contributed by atoms with van der Waals surface area (Å²) in [6.45, 7) is 1.47. The number of carbonyl (C=O) groups is 2. The third kappa shape index (κ3) is 4.01. The molecule has 0 saturated carbocycles. The van der Waals surface area contributed by atoms with Crippen molar-refractivity contribution in [3.8, 4) is 11.5 Å². The minimum absolute atomic E-state index is 0.302. The first kappa shape index (κ1) is 19.5. The lowest BCUT2D eigenvalue weighted by atomic mass is 10.2. The lowest BCUT2D eigenvalue weighted by Crippen LogP contribution is -2.30. The van der Waals surface area contributed by atoms with Gasteiger partial charge in [-0.3, -0.25) is 4.79 Å². The molecule has 3 rings (SSSR count). The third-order valence-electron chi connectivity index (χ3n) is 4.04. The van der Waals surface area contributed by atoms with Gasteiger partial charge >= 0.3 is 5.97 Å². The molecule has 1 unspecified atom stereocenters. The molecule has 0 aliphatic rings. The largest absolute Gasteiger partial charge is 0.495 e. The van der Waals surface area contributed by atoms with Crippen molar-refractivity contribution in [2.45, 2.75) is 13.0 Å². The number of esters is 1. The quantitative estimate of drug-likeness (QED) is 0.611. The van der Waals surface area contributed by atoms with E-state index in [0.717, 1.165) is 5.52 Å². The van der Waals surface area contributed by atoms with Crippen molar-refractivity contribution in [2.75, 3.05) is 19.5 Å². The van der Waals surface area contributed by atoms with Gasteiger partial charge in [0, 0.05) is 6.07 Å². The number of fused-ring (bicyclic) bond motifs is 1. The van der Waals surface area contributed by atoms with Gasteiger partial charge < -0.3 is 24.5 Å². The highest BCUT2D eigenvalue weighted by atomic mass is 35.5. The number of rotatable bonds is 6. The molecule has 1 atom stereocenters. The van der Waals surface area contributed by atoms with Gasteiger partial charge in [-0.05, 0) is 31.2 Å². The molecule has 0 bridgehead atoms. The zero-order chi connectivity index (χ0) is 20.3. The summed E-state index contributed by atoms with van der Waals surface area (Å²) in [5.74, 6) is -0.391. The number of anilines is 1. The van der Waals surface area contributed by atoms with Crippen LogP contribution in [-0.2, 0) is 9.53 Å². The fourth-order valence-corrected chi connectivity index (χ4v) is 2.78. The van der Waals surface area contributed by atoms with Gasteiger partial charge in [-0.2, -0.15) is 0 Å². The van der Waals surface area contributed by atoms with Crippen LogP contribution >= 0.6 is 11.6 Å². The van der Waals surface area contributed by atoms with Gasteiger partial charge in [0.05, 0.1) is 47.9 Å². The summed E-state index contributed by atoms with van der Waals surface area (Å²) < 4.78 is 15.6. The Kier molecular flexibility index (Phi) is 5.70. The summed E-state index contributed by atoms with van der Waals surface area (Å²) in [5, 5.41) is 2.94. The smallest absolute Gasteiger partial charge is 0.338 e. The molecule has 3 aromatic rings. The number of nitrogens with zero attached hydrogens (tertiary/aromatic N) is 1. The van der Waals surface area contributed by atoms with Crippen LogP contribution in [0.15, 0.2) is 36.7 Å². The highest BCUT2D eigenvalue weighted by Gasteiger charge is 2.21. The van der Waals surface area contributed by atoms with Crippen molar-refractivity contribution in [2.24, 2.45) is 0 Å². The van der Waals surface area contributed by atoms with Crippen LogP contribution in [0.25, 0.3) is 11.0 Å². The molecule has 0 spiro atoms. The maximum Gasteiger partial charge on any atom is 0.338 e. The van der Waals surface area contributed by atoms with Crippen LogP contribution in [0.2, 0.25) is 5.02 Å². The number of ether oxygens (including phenoxy) is 3. The predicted octanol–water partition coefficient (Wildman–Crippen LogP) is 3.42. The second-order valence-corrected chi connectivity index (χ2v) is 6.27. The topological polar surface area (TPSA) is 103 Å². The second-order valence-electron chi connectivity index (χ2n) is 5.86. The highest BCUT2D eigenvalue weighted by molar-refractivity contribution is 6.32. The van der Waals surface area contributed by atoms with Crippen LogP contribution in [0, 0.1) is 0 Å². The number of amides is 1. The van der Waals surface area contributed by atoms with E-state index in [4.69, 9.17) is 25.8 Å². The molecular weight excluding hydrogens is 386 g/mol. The average molecular weight is 404 g/mol. The van der Waals surface area contributed by atoms with E-state index < -0.39 is 18.0 Å². The fraction of sp³-hybridized carbons (Fsp3) is 0.211. The molecule has 28 heavy (non-hydrogen) atoms. The van der Waals surface area contributed by atoms with Crippen molar-refractivity contribution >= 4 is 40.2 Å². The van der Waals surface area contributed by atoms with E-state index in [-0.39, 0.29) is 0 Å². The molecule has 146 valence electrons. The zero-order valence-electron chi connectivity index (χ0n) is 15.4. The van der Waals surface area contributed by atoms with Gasteiger partial charge in [0.2, 0.25) is 0 Å². The number of methoxy groups -OCH3 is 2. The summed E-state index contributed by atoms with van der Waals surface area (Å²) in [7, 11) is 2.93. The third-order valence-corrected chi connectivity index (χ3v) is 4.34. The number of aromatic nitrogens is 2. The summed E-state index contributed by atoms with van der Waals surface area (Å²) >= 11 is 6.10. The molecule has 9 heteroatoms. The monoisotopic (exact) mass is 403 g/mol. The first-order chi connectivity index (χ1) is 13.4. The Hall–Kier alpha value is -3.26. The van der Waals surface area contributed by atoms with E-state index in [0.29, 0.717) is 33.3 Å². The molecule has 2 N–H and O–H groups in total. The summed E-state index contributed by atoms with van der Waals surface area (Å²) in [6, 6.07) is 7.94. The Labute approximate surface area is 165 Å². The first-order valence-corrected chi connectivity index (χ1v) is 8.67. The average Bonchev–Trinajstić information content (AvgIpc) is 3.15. The SMILES string of the molecule is COc1cc(OC)c(NC(=O)C(C)OC(=O)c2ccc3nc[nH]c3c2)cc1Cl. The van der Waals surface area contributed by atoms with Crippen LogP contribution in [0.1, 0.15) is 17.3 Å². The Morgan fingerprint density at radius 3 is 2.61 bits per heavy atom. The van der Waals surface area contributed by atoms with Gasteiger partial charge in [-0.1, -0.05) is 11.6 Å². The minimum Gasteiger partial charge on any atom is -0.495 e. The van der Waals surface area contributed by atoms with Crippen LogP contribution in [0.5, 0.6) is 11.5 Å². The predicted molar refractivity (Wildman–Crippen MR) is 104 cm³/mol. The van der Waals surface area contributed by atoms with Gasteiger partial charge in [0.1, 0.15) is 11.5 Å². The van der Waals surface area contributed by atoms with Gasteiger partial charge in [-0.15, -0.1) is 0 Å². The Bertz CT molecular complexity index is 1030. The Morgan fingerprint density at radius 1 is 1.14 bits per heavy atom. The molecule has 0 fully saturated rings. The number of halogens is 1. The number of aromatic amines is 1. The van der Waals surface area contributed by atoms with Gasteiger partial charge in [0.25, 0.3) is 5.91 Å². The van der Waals surface area contributed by atoms with E-state index in [1.807, 2.05) is 0 Å². The van der Waals surface area contributed by atoms with Crippen molar-refractivity contribution in [3.05, 3.63) is 47.2 Å². The van der Waals surface area contributed by atoms with E-state index >= 15 is 0 Å². The van der Waals surface area contributed by atoms with E-state index in [9.17, 15) is 9.59 Å². The lowest BCUT2D eigenvalue weighted by molar-refractivity contribution is -0.123. The second kappa shape index (κ2) is 8.18. The Morgan fingerprint density at radius 2 is 1.89 bits per heavy atom. The molecule has 0 saturated heterocycles. The van der Waals surface area contributed by atoms with E-state index in [1.165, 1.54) is 33.5 Å². The van der Waals surface area contributed by atoms with E-state index in [1.54, 1.807) is 24.3 Å². The van der Waals surface area contributed by atoms with Crippen LogP contribution in [0.4, 0.5) is 5.69 Å². The molecule has 1 aromatic heterocycles. The molecule has 0 radical (unpaired) electrons. The molecule has 0 aliphatic heterocycles. The summed E-state index contributed by atoms with van der Waals surface area (Å²) in [5.41, 5.74) is 2.07. The lowest BCUT2D eigenvalue weighted by Gasteiger charge is -2.16. The van der Waals surface area contributed by atoms with Crippen molar-refractivity contribution < 1.29 is 23.8 Å². The first-order valence-electron chi connectivity index (χ1n) is 8.29. The molecule has 1 heterocycles. The van der Waals surface area contributed by atoms with Crippen LogP contribution in [-0.4, -0.2) is 42.2 Å². The standard InChI is InChI=1S/C19H18ClN3O5/c1-10(28-19(25)11-4-5-13-14(6-11)22-9-21-13)18(24)23-15-7-12(20)16(26-2)8-17(15)27-3/h4-10H,1-3H3,(H,21,22)(H,23,24). The number of hydrogen-bond donors (Lipinski definition) is 2. The van der Waals surface area contributed by atoms with Gasteiger partial charge in [-0.25, -0.2) is 9.78 Å². The van der Waals surface area contributed by atoms with Crippen molar-refractivity contribution in [3.63, 3.8) is 0 Å². The Balaban J connectivity index is 1.70. The van der Waals surface area contributed by atoms with E-state index in [2.05, 4.69) is 15.3 Å². The molecular formula is C19H18ClN3O5. The number of imidazole rings is 1. The number of nitrogens with one attached hydrogen (secondary N) is 2. The number of hydrogen-bond acceptors (Lipinski definition) is 6. The fourth-order valence-electron chi connectivity index (χ4n) is 2.54. The summed E-state index contributed by atoms with van der Waals surface area (Å²) in [4.78, 5) is 31.8. The molecule has 8 nitrogen and oxygen atoms in total. The van der Waals surface area contributed by atoms with Crippen molar-refractivity contribution in [1.29, 1.82) is 0 Å². The number of H-pyrrole nitrogens is 1. The number of carbonyl (C=O) groups excluding carboxylic acids is 2. The molecule has 2 aromatic carbocycles. The number of benzene rings is 2. The minimum atomic E-state index is -1.05.